The van der Waals surface area contributed by atoms with E-state index < -0.39 is 17.3 Å². The number of esters is 1. The van der Waals surface area contributed by atoms with Crippen molar-refractivity contribution >= 4 is 40.2 Å². The zero-order valence-electron chi connectivity index (χ0n) is 13.9. The predicted molar refractivity (Wildman–Crippen MR) is 101 cm³/mol. The maximum Gasteiger partial charge on any atom is 0.356 e. The smallest absolute Gasteiger partial charge is 0.356 e. The van der Waals surface area contributed by atoms with Crippen molar-refractivity contribution in [2.45, 2.75) is 12.3 Å². The van der Waals surface area contributed by atoms with Gasteiger partial charge in [-0.1, -0.05) is 0 Å². The summed E-state index contributed by atoms with van der Waals surface area (Å²) in [7, 11) is 0. The summed E-state index contributed by atoms with van der Waals surface area (Å²) in [5.41, 5.74) is 5.25. The molecular weight excluding hydrogens is 465 g/mol. The zero-order valence-corrected chi connectivity index (χ0v) is 16.1. The average molecular weight is 477 g/mol. The highest BCUT2D eigenvalue weighted by Gasteiger charge is 2.59. The number of fused-ring (bicyclic) bond motifs is 4. The van der Waals surface area contributed by atoms with E-state index >= 15 is 0 Å². The minimum atomic E-state index is -1.65. The van der Waals surface area contributed by atoms with Crippen LogP contribution in [-0.4, -0.2) is 28.7 Å². The van der Waals surface area contributed by atoms with E-state index in [2.05, 4.69) is 38.1 Å². The van der Waals surface area contributed by atoms with Crippen LogP contribution in [0, 0.1) is 14.9 Å². The number of carbonyl (C=O) groups is 2. The molecule has 0 fully saturated rings. The SMILES string of the molecule is CCOC(=O)c1[nH]nc2c1C1(C(=O)Nc3ccc(I)cc31)C(C#N)=C(N)O2. The normalized spacial score (nSPS) is 19.8. The van der Waals surface area contributed by atoms with Crippen molar-refractivity contribution in [3.63, 3.8) is 0 Å². The van der Waals surface area contributed by atoms with Gasteiger partial charge in [-0.15, -0.1) is 5.10 Å². The van der Waals surface area contributed by atoms with Crippen molar-refractivity contribution in [3.05, 3.63) is 50.0 Å². The Hall–Kier alpha value is -3.07. The molecule has 1 aromatic heterocycles. The second-order valence-electron chi connectivity index (χ2n) is 5.85. The van der Waals surface area contributed by atoms with E-state index in [1.165, 1.54) is 0 Å². The molecule has 4 N–H and O–H groups in total. The van der Waals surface area contributed by atoms with Crippen molar-refractivity contribution in [3.8, 4) is 11.9 Å². The van der Waals surface area contributed by atoms with Crippen LogP contribution in [0.3, 0.4) is 0 Å². The number of nitrogens with zero attached hydrogens (tertiary/aromatic N) is 2. The van der Waals surface area contributed by atoms with Gasteiger partial charge in [0.1, 0.15) is 17.1 Å². The Morgan fingerprint density at radius 3 is 3.00 bits per heavy atom. The van der Waals surface area contributed by atoms with Gasteiger partial charge in [0.25, 0.3) is 0 Å². The minimum Gasteiger partial charge on any atom is -0.461 e. The number of amides is 1. The molecule has 4 rings (SSSR count). The first-order chi connectivity index (χ1) is 12.9. The molecule has 9 nitrogen and oxygen atoms in total. The molecule has 2 aliphatic heterocycles. The molecule has 136 valence electrons. The van der Waals surface area contributed by atoms with Gasteiger partial charge in [0.2, 0.25) is 17.7 Å². The molecule has 0 saturated heterocycles. The third-order valence-corrected chi connectivity index (χ3v) is 5.17. The highest BCUT2D eigenvalue weighted by atomic mass is 127. The number of halogens is 1. The number of carbonyl (C=O) groups excluding carboxylic acids is 2. The van der Waals surface area contributed by atoms with Gasteiger partial charge in [-0.25, -0.2) is 4.79 Å². The highest BCUT2D eigenvalue weighted by Crippen LogP contribution is 2.54. The average Bonchev–Trinajstić information content (AvgIpc) is 3.16. The van der Waals surface area contributed by atoms with Gasteiger partial charge in [-0.05, 0) is 47.7 Å². The molecule has 1 amide bonds. The molecule has 0 aliphatic carbocycles. The lowest BCUT2D eigenvalue weighted by molar-refractivity contribution is -0.118. The molecule has 1 unspecified atom stereocenters. The Balaban J connectivity index is 2.11. The summed E-state index contributed by atoms with van der Waals surface area (Å²) in [4.78, 5) is 25.7. The zero-order chi connectivity index (χ0) is 19.3. The van der Waals surface area contributed by atoms with Crippen LogP contribution in [0.25, 0.3) is 0 Å². The Morgan fingerprint density at radius 1 is 1.52 bits per heavy atom. The fraction of sp³-hybridized carbons (Fsp3) is 0.176. The first-order valence-corrected chi connectivity index (χ1v) is 8.98. The second-order valence-corrected chi connectivity index (χ2v) is 7.09. The summed E-state index contributed by atoms with van der Waals surface area (Å²) in [5, 5.41) is 19.1. The number of ether oxygens (including phenoxy) is 2. The van der Waals surface area contributed by atoms with E-state index in [1.807, 2.05) is 12.1 Å². The fourth-order valence-corrected chi connectivity index (χ4v) is 3.96. The highest BCUT2D eigenvalue weighted by molar-refractivity contribution is 14.1. The quantitative estimate of drug-likeness (QED) is 0.440. The number of anilines is 1. The van der Waals surface area contributed by atoms with E-state index in [0.717, 1.165) is 3.57 Å². The lowest BCUT2D eigenvalue weighted by atomic mass is 9.69. The van der Waals surface area contributed by atoms with Gasteiger partial charge in [0, 0.05) is 14.8 Å². The lowest BCUT2D eigenvalue weighted by Gasteiger charge is -2.31. The maximum atomic E-state index is 13.2. The lowest BCUT2D eigenvalue weighted by Crippen LogP contribution is -2.43. The van der Waals surface area contributed by atoms with Crippen molar-refractivity contribution in [1.82, 2.24) is 10.2 Å². The fourth-order valence-electron chi connectivity index (χ4n) is 3.47. The number of benzene rings is 1. The molecule has 1 spiro atoms. The summed E-state index contributed by atoms with van der Waals surface area (Å²) in [6.07, 6.45) is 0. The molecule has 3 heterocycles. The Kier molecular flexibility index (Phi) is 3.84. The summed E-state index contributed by atoms with van der Waals surface area (Å²) >= 11 is 2.10. The van der Waals surface area contributed by atoms with E-state index in [-0.39, 0.29) is 35.2 Å². The molecule has 0 radical (unpaired) electrons. The van der Waals surface area contributed by atoms with E-state index in [4.69, 9.17) is 15.2 Å². The Labute approximate surface area is 166 Å². The number of rotatable bonds is 2. The molecular formula is C17H12IN5O4. The van der Waals surface area contributed by atoms with Crippen molar-refractivity contribution in [2.75, 3.05) is 11.9 Å². The molecule has 27 heavy (non-hydrogen) atoms. The molecule has 2 aromatic rings. The van der Waals surface area contributed by atoms with Gasteiger partial charge in [0.05, 0.1) is 12.2 Å². The number of hydrogen-bond acceptors (Lipinski definition) is 7. The van der Waals surface area contributed by atoms with Crippen LogP contribution < -0.4 is 15.8 Å². The van der Waals surface area contributed by atoms with Gasteiger partial charge in [-0.3, -0.25) is 9.89 Å². The standard InChI is InChI=1S/C17H12IN5O4/c1-2-26-15(24)12-11-14(23-22-12)27-13(20)9(6-19)17(11)8-5-7(18)3-4-10(8)21-16(17)25/h3-5H,2,20H2,1H3,(H,21,25)(H,22,23). The van der Waals surface area contributed by atoms with Crippen LogP contribution in [0.1, 0.15) is 28.5 Å². The van der Waals surface area contributed by atoms with Gasteiger partial charge < -0.3 is 20.5 Å². The first-order valence-electron chi connectivity index (χ1n) is 7.90. The van der Waals surface area contributed by atoms with E-state index in [1.54, 1.807) is 19.1 Å². The predicted octanol–water partition coefficient (Wildman–Crippen LogP) is 1.52. The maximum absolute atomic E-state index is 13.2. The van der Waals surface area contributed by atoms with Crippen LogP contribution >= 0.6 is 22.6 Å². The number of H-pyrrole nitrogens is 1. The number of nitrogens with two attached hydrogens (primary N) is 1. The largest absolute Gasteiger partial charge is 0.461 e. The van der Waals surface area contributed by atoms with E-state index in [9.17, 15) is 14.9 Å². The van der Waals surface area contributed by atoms with Crippen LogP contribution in [0.4, 0.5) is 5.69 Å². The van der Waals surface area contributed by atoms with E-state index in [0.29, 0.717) is 11.3 Å². The minimum absolute atomic E-state index is 0.0450. The molecule has 10 heteroatoms. The van der Waals surface area contributed by atoms with Crippen molar-refractivity contribution < 1.29 is 19.1 Å². The first kappa shape index (κ1) is 17.3. The van der Waals surface area contributed by atoms with Crippen molar-refractivity contribution in [1.29, 1.82) is 5.26 Å². The molecule has 1 atom stereocenters. The molecule has 0 saturated carbocycles. The Bertz CT molecular complexity index is 1080. The summed E-state index contributed by atoms with van der Waals surface area (Å²) in [6, 6.07) is 7.29. The number of nitriles is 1. The third-order valence-electron chi connectivity index (χ3n) is 4.50. The molecule has 2 aliphatic rings. The molecule has 1 aromatic carbocycles. The van der Waals surface area contributed by atoms with Crippen LogP contribution in [0.2, 0.25) is 0 Å². The summed E-state index contributed by atoms with van der Waals surface area (Å²) in [6.45, 7) is 1.79. The van der Waals surface area contributed by atoms with Crippen LogP contribution in [0.15, 0.2) is 29.7 Å². The number of aromatic nitrogens is 2. The monoisotopic (exact) mass is 477 g/mol. The molecule has 0 bridgehead atoms. The van der Waals surface area contributed by atoms with Gasteiger partial charge in [0.15, 0.2) is 5.69 Å². The van der Waals surface area contributed by atoms with Crippen LogP contribution in [-0.2, 0) is 14.9 Å². The van der Waals surface area contributed by atoms with Crippen molar-refractivity contribution in [2.24, 2.45) is 5.73 Å². The summed E-state index contributed by atoms with van der Waals surface area (Å²) in [5.74, 6) is -1.51. The van der Waals surface area contributed by atoms with Crippen LogP contribution in [0.5, 0.6) is 5.88 Å². The second kappa shape index (κ2) is 5.98. The van der Waals surface area contributed by atoms with Gasteiger partial charge >= 0.3 is 5.97 Å². The Morgan fingerprint density at radius 2 is 2.30 bits per heavy atom. The number of hydrogen-bond donors (Lipinski definition) is 3. The topological polar surface area (TPSA) is 143 Å². The number of aromatic amines is 1. The number of nitrogens with one attached hydrogen (secondary N) is 2. The summed E-state index contributed by atoms with van der Waals surface area (Å²) < 4.78 is 11.3. The third kappa shape index (κ3) is 2.18. The van der Waals surface area contributed by atoms with Gasteiger partial charge in [-0.2, -0.15) is 5.26 Å².